The molecule has 0 atom stereocenters. The number of hydrogen-bond donors (Lipinski definition) is 2. The summed E-state index contributed by atoms with van der Waals surface area (Å²) >= 11 is 0. The minimum atomic E-state index is -0.189. The Morgan fingerprint density at radius 2 is 1.68 bits per heavy atom. The normalized spacial score (nSPS) is 17.8. The summed E-state index contributed by atoms with van der Waals surface area (Å²) in [7, 11) is 1.74. The fraction of sp³-hybridized carbons (Fsp3) is 0.625. The highest BCUT2D eigenvalue weighted by Crippen LogP contribution is 2.26. The molecule has 31 heavy (non-hydrogen) atoms. The summed E-state index contributed by atoms with van der Waals surface area (Å²) in [4.78, 5) is 40.7. The first-order valence-corrected chi connectivity index (χ1v) is 11.6. The molecule has 1 saturated heterocycles. The lowest BCUT2D eigenvalue weighted by atomic mass is 9.87. The second-order valence-electron chi connectivity index (χ2n) is 8.83. The maximum Gasteiger partial charge on any atom is 0.317 e. The van der Waals surface area contributed by atoms with E-state index >= 15 is 0 Å². The molecule has 7 nitrogen and oxygen atoms in total. The monoisotopic (exact) mass is 428 g/mol. The summed E-state index contributed by atoms with van der Waals surface area (Å²) in [5, 5.41) is 5.86. The SMILES string of the molecule is CN(Cc1ccccc1)C(=O)NCCC(=O)NC1CCN(C(=O)C2CCCCC2)CC1. The fourth-order valence-corrected chi connectivity index (χ4v) is 4.50. The van der Waals surface area contributed by atoms with Gasteiger partial charge in [0.1, 0.15) is 0 Å². The van der Waals surface area contributed by atoms with E-state index in [2.05, 4.69) is 10.6 Å². The lowest BCUT2D eigenvalue weighted by molar-refractivity contribution is -0.137. The number of carbonyl (C=O) groups excluding carboxylic acids is 3. The number of rotatable bonds is 7. The lowest BCUT2D eigenvalue weighted by Crippen LogP contribution is -2.48. The van der Waals surface area contributed by atoms with Crippen molar-refractivity contribution in [3.8, 4) is 0 Å². The standard InChI is InChI=1S/C24H36N4O3/c1-27(18-19-8-4-2-5-9-19)24(31)25-15-12-22(29)26-21-13-16-28(17-14-21)23(30)20-10-6-3-7-11-20/h2,4-5,8-9,20-21H,3,6-7,10-18H2,1H3,(H,25,31)(H,26,29). The van der Waals surface area contributed by atoms with Crippen LogP contribution in [-0.4, -0.2) is 60.4 Å². The molecule has 1 aliphatic heterocycles. The molecule has 4 amide bonds. The Morgan fingerprint density at radius 1 is 1.00 bits per heavy atom. The summed E-state index contributed by atoms with van der Waals surface area (Å²) in [6.45, 7) is 2.28. The Hall–Kier alpha value is -2.57. The van der Waals surface area contributed by atoms with E-state index in [1.54, 1.807) is 11.9 Å². The first-order chi connectivity index (χ1) is 15.0. The lowest BCUT2D eigenvalue weighted by Gasteiger charge is -2.35. The molecule has 1 aromatic carbocycles. The van der Waals surface area contributed by atoms with Crippen molar-refractivity contribution < 1.29 is 14.4 Å². The molecule has 2 aliphatic rings. The third-order valence-electron chi connectivity index (χ3n) is 6.36. The van der Waals surface area contributed by atoms with Gasteiger partial charge in [0, 0.05) is 51.6 Å². The van der Waals surface area contributed by atoms with E-state index in [-0.39, 0.29) is 30.3 Å². The molecule has 0 aromatic heterocycles. The summed E-state index contributed by atoms with van der Waals surface area (Å²) in [6, 6.07) is 9.71. The predicted molar refractivity (Wildman–Crippen MR) is 120 cm³/mol. The van der Waals surface area contributed by atoms with Crippen LogP contribution in [0.15, 0.2) is 30.3 Å². The Balaban J connectivity index is 1.29. The van der Waals surface area contributed by atoms with Gasteiger partial charge in [-0.1, -0.05) is 49.6 Å². The molecule has 2 fully saturated rings. The van der Waals surface area contributed by atoms with Gasteiger partial charge in [-0.3, -0.25) is 9.59 Å². The van der Waals surface area contributed by atoms with Crippen molar-refractivity contribution in [2.45, 2.75) is 64.0 Å². The molecule has 1 aromatic rings. The van der Waals surface area contributed by atoms with Crippen molar-refractivity contribution in [1.82, 2.24) is 20.4 Å². The Kier molecular flexibility index (Phi) is 8.74. The van der Waals surface area contributed by atoms with Gasteiger partial charge >= 0.3 is 6.03 Å². The summed E-state index contributed by atoms with van der Waals surface area (Å²) < 4.78 is 0. The molecule has 1 saturated carbocycles. The highest BCUT2D eigenvalue weighted by molar-refractivity contribution is 5.79. The van der Waals surface area contributed by atoms with Gasteiger partial charge in [-0.25, -0.2) is 4.79 Å². The summed E-state index contributed by atoms with van der Waals surface area (Å²) in [5.41, 5.74) is 1.06. The van der Waals surface area contributed by atoms with Crippen LogP contribution in [0.5, 0.6) is 0 Å². The molecule has 1 aliphatic carbocycles. The molecule has 1 heterocycles. The van der Waals surface area contributed by atoms with Gasteiger partial charge in [0.05, 0.1) is 0 Å². The van der Waals surface area contributed by atoms with Gasteiger partial charge in [0.25, 0.3) is 0 Å². The zero-order valence-electron chi connectivity index (χ0n) is 18.6. The molecular formula is C24H36N4O3. The van der Waals surface area contributed by atoms with Crippen LogP contribution in [-0.2, 0) is 16.1 Å². The molecule has 0 unspecified atom stereocenters. The van der Waals surface area contributed by atoms with Crippen molar-refractivity contribution in [3.05, 3.63) is 35.9 Å². The minimum absolute atomic E-state index is 0.0527. The van der Waals surface area contributed by atoms with Crippen LogP contribution in [0.3, 0.4) is 0 Å². The van der Waals surface area contributed by atoms with Crippen LogP contribution in [0, 0.1) is 5.92 Å². The topological polar surface area (TPSA) is 81.8 Å². The van der Waals surface area contributed by atoms with Gasteiger partial charge in [-0.05, 0) is 31.2 Å². The van der Waals surface area contributed by atoms with Gasteiger partial charge < -0.3 is 20.4 Å². The van der Waals surface area contributed by atoms with Crippen molar-refractivity contribution in [1.29, 1.82) is 0 Å². The molecule has 170 valence electrons. The number of likely N-dealkylation sites (tertiary alicyclic amines) is 1. The zero-order valence-corrected chi connectivity index (χ0v) is 18.6. The average molecular weight is 429 g/mol. The van der Waals surface area contributed by atoms with E-state index in [4.69, 9.17) is 0 Å². The molecule has 0 spiro atoms. The van der Waals surface area contributed by atoms with Crippen LogP contribution in [0.4, 0.5) is 4.79 Å². The molecule has 0 bridgehead atoms. The van der Waals surface area contributed by atoms with E-state index < -0.39 is 0 Å². The zero-order chi connectivity index (χ0) is 22.1. The number of carbonyl (C=O) groups is 3. The highest BCUT2D eigenvalue weighted by Gasteiger charge is 2.29. The van der Waals surface area contributed by atoms with Crippen LogP contribution in [0.2, 0.25) is 0 Å². The van der Waals surface area contributed by atoms with Crippen molar-refractivity contribution >= 4 is 17.8 Å². The minimum Gasteiger partial charge on any atom is -0.353 e. The predicted octanol–water partition coefficient (Wildman–Crippen LogP) is 2.91. The van der Waals surface area contributed by atoms with Gasteiger partial charge in [0.15, 0.2) is 0 Å². The summed E-state index contributed by atoms with van der Waals surface area (Å²) in [5.74, 6) is 0.471. The second-order valence-corrected chi connectivity index (χ2v) is 8.83. The van der Waals surface area contributed by atoms with E-state index in [0.29, 0.717) is 19.0 Å². The fourth-order valence-electron chi connectivity index (χ4n) is 4.50. The highest BCUT2D eigenvalue weighted by atomic mass is 16.2. The van der Waals surface area contributed by atoms with Gasteiger partial charge in [-0.2, -0.15) is 0 Å². The quantitative estimate of drug-likeness (QED) is 0.701. The van der Waals surface area contributed by atoms with Crippen molar-refractivity contribution in [2.75, 3.05) is 26.7 Å². The van der Waals surface area contributed by atoms with Crippen LogP contribution in [0.25, 0.3) is 0 Å². The van der Waals surface area contributed by atoms with Gasteiger partial charge in [-0.15, -0.1) is 0 Å². The Bertz CT molecular complexity index is 726. The smallest absolute Gasteiger partial charge is 0.317 e. The van der Waals surface area contributed by atoms with E-state index in [9.17, 15) is 14.4 Å². The third-order valence-corrected chi connectivity index (χ3v) is 6.36. The Labute approximate surface area is 185 Å². The molecular weight excluding hydrogens is 392 g/mol. The van der Waals surface area contributed by atoms with Crippen LogP contribution in [0.1, 0.15) is 56.9 Å². The maximum atomic E-state index is 12.7. The average Bonchev–Trinajstić information content (AvgIpc) is 2.80. The third kappa shape index (κ3) is 7.26. The van der Waals surface area contributed by atoms with E-state index in [1.165, 1.54) is 19.3 Å². The van der Waals surface area contributed by atoms with Crippen LogP contribution < -0.4 is 10.6 Å². The second kappa shape index (κ2) is 11.7. The number of nitrogens with one attached hydrogen (secondary N) is 2. The molecule has 2 N–H and O–H groups in total. The number of benzene rings is 1. The maximum absolute atomic E-state index is 12.7. The van der Waals surface area contributed by atoms with E-state index in [1.807, 2.05) is 35.2 Å². The first kappa shape index (κ1) is 23.1. The first-order valence-electron chi connectivity index (χ1n) is 11.6. The van der Waals surface area contributed by atoms with Crippen molar-refractivity contribution in [3.63, 3.8) is 0 Å². The number of hydrogen-bond acceptors (Lipinski definition) is 3. The number of nitrogens with zero attached hydrogens (tertiary/aromatic N) is 2. The number of piperidine rings is 1. The molecule has 7 heteroatoms. The Morgan fingerprint density at radius 3 is 2.35 bits per heavy atom. The van der Waals surface area contributed by atoms with Gasteiger partial charge in [0.2, 0.25) is 11.8 Å². The summed E-state index contributed by atoms with van der Waals surface area (Å²) in [6.07, 6.45) is 7.51. The van der Waals surface area contributed by atoms with E-state index in [0.717, 1.165) is 44.3 Å². The van der Waals surface area contributed by atoms with Crippen LogP contribution >= 0.6 is 0 Å². The largest absolute Gasteiger partial charge is 0.353 e. The molecule has 3 rings (SSSR count). The number of urea groups is 1. The molecule has 0 radical (unpaired) electrons. The number of amides is 4. The van der Waals surface area contributed by atoms with Crippen molar-refractivity contribution in [2.24, 2.45) is 5.92 Å².